The summed E-state index contributed by atoms with van der Waals surface area (Å²) in [5.41, 5.74) is 7.76. The Morgan fingerprint density at radius 3 is 2.84 bits per heavy atom. The molecule has 1 fully saturated rings. The molecule has 1 saturated carbocycles. The van der Waals surface area contributed by atoms with Gasteiger partial charge in [-0.15, -0.1) is 11.3 Å². The van der Waals surface area contributed by atoms with Crippen LogP contribution in [0.4, 0.5) is 0 Å². The second-order valence-corrected chi connectivity index (χ2v) is 7.33. The number of nitrogens with two attached hydrogens (primary N) is 1. The Kier molecular flexibility index (Phi) is 5.02. The second-order valence-electron chi connectivity index (χ2n) is 6.47. The van der Waals surface area contributed by atoms with Gasteiger partial charge in [0.05, 0.1) is 11.2 Å². The van der Waals surface area contributed by atoms with Gasteiger partial charge in [-0.2, -0.15) is 0 Å². The molecule has 1 aliphatic rings. The number of rotatable bonds is 4. The summed E-state index contributed by atoms with van der Waals surface area (Å²) in [6.07, 6.45) is 8.79. The molecule has 0 saturated heterocycles. The van der Waals surface area contributed by atoms with Gasteiger partial charge in [0, 0.05) is 5.38 Å². The molecule has 1 aromatic heterocycles. The molecule has 2 atom stereocenters. The van der Waals surface area contributed by atoms with Crippen LogP contribution in [0.15, 0.2) is 5.38 Å². The van der Waals surface area contributed by atoms with Crippen LogP contribution in [0, 0.1) is 5.92 Å². The fourth-order valence-electron chi connectivity index (χ4n) is 3.13. The van der Waals surface area contributed by atoms with Crippen LogP contribution >= 0.6 is 11.3 Å². The molecule has 0 bridgehead atoms. The topological polar surface area (TPSA) is 38.9 Å². The summed E-state index contributed by atoms with van der Waals surface area (Å²) < 4.78 is 0. The molecular weight excluding hydrogens is 252 g/mol. The lowest BCUT2D eigenvalue weighted by Crippen LogP contribution is -2.36. The molecule has 1 heterocycles. The van der Waals surface area contributed by atoms with Gasteiger partial charge in [0.15, 0.2) is 0 Å². The second kappa shape index (κ2) is 6.36. The Hall–Kier alpha value is -0.410. The Morgan fingerprint density at radius 1 is 1.42 bits per heavy atom. The Morgan fingerprint density at radius 2 is 2.21 bits per heavy atom. The van der Waals surface area contributed by atoms with Crippen LogP contribution in [0.3, 0.4) is 0 Å². The van der Waals surface area contributed by atoms with E-state index in [0.29, 0.717) is 5.92 Å². The zero-order chi connectivity index (χ0) is 13.9. The summed E-state index contributed by atoms with van der Waals surface area (Å²) in [5, 5.41) is 3.37. The third kappa shape index (κ3) is 3.57. The van der Waals surface area contributed by atoms with Crippen molar-refractivity contribution in [2.75, 3.05) is 0 Å². The van der Waals surface area contributed by atoms with E-state index in [0.717, 1.165) is 18.8 Å². The maximum absolute atomic E-state index is 6.70. The van der Waals surface area contributed by atoms with Gasteiger partial charge in [-0.25, -0.2) is 4.98 Å². The highest BCUT2D eigenvalue weighted by molar-refractivity contribution is 7.09. The predicted molar refractivity (Wildman–Crippen MR) is 83.6 cm³/mol. The van der Waals surface area contributed by atoms with E-state index in [1.54, 1.807) is 11.3 Å². The van der Waals surface area contributed by atoms with Crippen molar-refractivity contribution >= 4 is 11.3 Å². The SMILES string of the molecule is CCCC1CCCC(N)(c2nc(C(C)C)cs2)CC1. The van der Waals surface area contributed by atoms with Crippen LogP contribution in [0.2, 0.25) is 0 Å². The van der Waals surface area contributed by atoms with Crippen molar-refractivity contribution in [1.82, 2.24) is 4.98 Å². The van der Waals surface area contributed by atoms with Crippen molar-refractivity contribution in [1.29, 1.82) is 0 Å². The highest BCUT2D eigenvalue weighted by Crippen LogP contribution is 2.38. The first-order valence-electron chi connectivity index (χ1n) is 7.80. The summed E-state index contributed by atoms with van der Waals surface area (Å²) >= 11 is 1.77. The van der Waals surface area contributed by atoms with Crippen molar-refractivity contribution < 1.29 is 0 Å². The molecule has 2 nitrogen and oxygen atoms in total. The van der Waals surface area contributed by atoms with E-state index in [4.69, 9.17) is 10.7 Å². The lowest BCUT2D eigenvalue weighted by Gasteiger charge is -2.25. The molecule has 108 valence electrons. The molecule has 3 heteroatoms. The predicted octanol–water partition coefficient (Wildman–Crippen LogP) is 4.80. The number of hydrogen-bond donors (Lipinski definition) is 1. The molecule has 1 aromatic rings. The normalized spacial score (nSPS) is 28.6. The molecule has 1 aliphatic carbocycles. The average molecular weight is 280 g/mol. The lowest BCUT2D eigenvalue weighted by molar-refractivity contribution is 0.365. The van der Waals surface area contributed by atoms with Crippen molar-refractivity contribution in [3.8, 4) is 0 Å². The molecule has 2 rings (SSSR count). The molecule has 2 N–H and O–H groups in total. The largest absolute Gasteiger partial charge is 0.319 e. The first-order chi connectivity index (χ1) is 9.05. The standard InChI is InChI=1S/C16H28N2S/c1-4-6-13-7-5-9-16(17,10-8-13)15-18-14(11-19-15)12(2)3/h11-13H,4-10,17H2,1-3H3. The first kappa shape index (κ1) is 15.0. The van der Waals surface area contributed by atoms with Gasteiger partial charge < -0.3 is 5.73 Å². The Bertz CT molecular complexity index is 399. The minimum atomic E-state index is -0.152. The minimum Gasteiger partial charge on any atom is -0.319 e. The van der Waals surface area contributed by atoms with E-state index in [-0.39, 0.29) is 5.54 Å². The maximum atomic E-state index is 6.70. The van der Waals surface area contributed by atoms with Crippen molar-refractivity contribution in [3.05, 3.63) is 16.1 Å². The van der Waals surface area contributed by atoms with Crippen LogP contribution in [0.1, 0.15) is 82.3 Å². The van der Waals surface area contributed by atoms with Gasteiger partial charge >= 0.3 is 0 Å². The zero-order valence-electron chi connectivity index (χ0n) is 12.6. The summed E-state index contributed by atoms with van der Waals surface area (Å²) in [6, 6.07) is 0. The number of hydrogen-bond acceptors (Lipinski definition) is 3. The molecule has 0 radical (unpaired) electrons. The smallest absolute Gasteiger partial charge is 0.113 e. The summed E-state index contributed by atoms with van der Waals surface area (Å²) in [4.78, 5) is 4.81. The van der Waals surface area contributed by atoms with Gasteiger partial charge in [0.1, 0.15) is 5.01 Å². The highest BCUT2D eigenvalue weighted by atomic mass is 32.1. The molecule has 0 spiro atoms. The average Bonchev–Trinajstić information content (AvgIpc) is 2.79. The van der Waals surface area contributed by atoms with Gasteiger partial charge in [0.2, 0.25) is 0 Å². The van der Waals surface area contributed by atoms with Crippen LogP contribution in [0.5, 0.6) is 0 Å². The van der Waals surface area contributed by atoms with Crippen LogP contribution in [-0.4, -0.2) is 4.98 Å². The molecule has 0 aliphatic heterocycles. The Balaban J connectivity index is 2.08. The van der Waals surface area contributed by atoms with Crippen molar-refractivity contribution in [2.45, 2.75) is 77.2 Å². The highest BCUT2D eigenvalue weighted by Gasteiger charge is 2.33. The number of aromatic nitrogens is 1. The quantitative estimate of drug-likeness (QED) is 0.804. The van der Waals surface area contributed by atoms with E-state index in [1.165, 1.54) is 42.8 Å². The molecule has 0 aromatic carbocycles. The summed E-state index contributed by atoms with van der Waals surface area (Å²) in [5.74, 6) is 1.40. The van der Waals surface area contributed by atoms with Gasteiger partial charge in [-0.3, -0.25) is 0 Å². The van der Waals surface area contributed by atoms with Crippen LogP contribution in [0.25, 0.3) is 0 Å². The molecule has 19 heavy (non-hydrogen) atoms. The van der Waals surface area contributed by atoms with Gasteiger partial charge in [-0.1, -0.05) is 46.5 Å². The summed E-state index contributed by atoms with van der Waals surface area (Å²) in [7, 11) is 0. The van der Waals surface area contributed by atoms with Crippen LogP contribution in [-0.2, 0) is 5.54 Å². The van der Waals surface area contributed by atoms with E-state index >= 15 is 0 Å². The number of thiazole rings is 1. The molecular formula is C16H28N2S. The monoisotopic (exact) mass is 280 g/mol. The fraction of sp³-hybridized carbons (Fsp3) is 0.812. The minimum absolute atomic E-state index is 0.152. The molecule has 0 amide bonds. The number of nitrogens with zero attached hydrogens (tertiary/aromatic N) is 1. The maximum Gasteiger partial charge on any atom is 0.113 e. The fourth-order valence-corrected chi connectivity index (χ4v) is 4.28. The third-order valence-corrected chi connectivity index (χ3v) is 5.55. The van der Waals surface area contributed by atoms with E-state index < -0.39 is 0 Å². The zero-order valence-corrected chi connectivity index (χ0v) is 13.4. The van der Waals surface area contributed by atoms with Gasteiger partial charge in [0.25, 0.3) is 0 Å². The van der Waals surface area contributed by atoms with Gasteiger partial charge in [-0.05, 0) is 31.1 Å². The van der Waals surface area contributed by atoms with Crippen LogP contribution < -0.4 is 5.73 Å². The van der Waals surface area contributed by atoms with E-state index in [9.17, 15) is 0 Å². The Labute approximate surface area is 121 Å². The summed E-state index contributed by atoms with van der Waals surface area (Å²) in [6.45, 7) is 6.69. The molecule has 2 unspecified atom stereocenters. The lowest BCUT2D eigenvalue weighted by atomic mass is 9.90. The van der Waals surface area contributed by atoms with E-state index in [2.05, 4.69) is 26.2 Å². The van der Waals surface area contributed by atoms with E-state index in [1.807, 2.05) is 0 Å². The third-order valence-electron chi connectivity index (χ3n) is 4.47. The van der Waals surface area contributed by atoms with Crippen molar-refractivity contribution in [3.63, 3.8) is 0 Å². The van der Waals surface area contributed by atoms with Crippen molar-refractivity contribution in [2.24, 2.45) is 11.7 Å². The first-order valence-corrected chi connectivity index (χ1v) is 8.68.